The second kappa shape index (κ2) is 7.64. The SMILES string of the molecule is CC1CC(F)CCC1CN1CCN(C2CNNC(=O)C2Cl)CC1. The molecule has 3 aliphatic rings. The van der Waals surface area contributed by atoms with Crippen molar-refractivity contribution in [2.75, 3.05) is 39.3 Å². The zero-order valence-corrected chi connectivity index (χ0v) is 14.6. The molecule has 0 aromatic carbocycles. The fourth-order valence-electron chi connectivity index (χ4n) is 4.18. The molecular formula is C16H28ClFN4O. The van der Waals surface area contributed by atoms with Gasteiger partial charge < -0.3 is 4.90 Å². The monoisotopic (exact) mass is 346 g/mol. The van der Waals surface area contributed by atoms with Gasteiger partial charge in [0.1, 0.15) is 11.5 Å². The standard InChI is InChI=1S/C16H28ClFN4O/c1-11-8-13(18)3-2-12(11)10-21-4-6-22(7-5-21)14-9-19-20-16(23)15(14)17/h11-15,19H,2-10H2,1H3,(H,20,23). The van der Waals surface area contributed by atoms with Crippen LogP contribution in [0.2, 0.25) is 0 Å². The summed E-state index contributed by atoms with van der Waals surface area (Å²) in [5.74, 6) is 0.967. The molecule has 1 aliphatic carbocycles. The minimum Gasteiger partial charge on any atom is -0.301 e. The summed E-state index contributed by atoms with van der Waals surface area (Å²) in [5.41, 5.74) is 5.51. The van der Waals surface area contributed by atoms with E-state index in [4.69, 9.17) is 11.6 Å². The minimum absolute atomic E-state index is 0.0634. The lowest BCUT2D eigenvalue weighted by molar-refractivity contribution is -0.125. The van der Waals surface area contributed by atoms with E-state index in [2.05, 4.69) is 27.6 Å². The van der Waals surface area contributed by atoms with Crippen molar-refractivity contribution in [3.63, 3.8) is 0 Å². The maximum atomic E-state index is 13.4. The second-order valence-corrected chi connectivity index (χ2v) is 7.79. The second-order valence-electron chi connectivity index (χ2n) is 7.32. The smallest absolute Gasteiger partial charge is 0.253 e. The van der Waals surface area contributed by atoms with Gasteiger partial charge in [-0.05, 0) is 31.1 Å². The van der Waals surface area contributed by atoms with Crippen LogP contribution in [-0.2, 0) is 4.79 Å². The van der Waals surface area contributed by atoms with E-state index in [0.29, 0.717) is 18.4 Å². The number of piperazine rings is 1. The van der Waals surface area contributed by atoms with Crippen molar-refractivity contribution in [3.05, 3.63) is 0 Å². The molecule has 0 bridgehead atoms. The predicted molar refractivity (Wildman–Crippen MR) is 89.0 cm³/mol. The summed E-state index contributed by atoms with van der Waals surface area (Å²) < 4.78 is 13.4. The third-order valence-corrected chi connectivity index (χ3v) is 6.25. The number of hydrogen-bond acceptors (Lipinski definition) is 4. The van der Waals surface area contributed by atoms with E-state index in [1.54, 1.807) is 0 Å². The summed E-state index contributed by atoms with van der Waals surface area (Å²) in [5, 5.41) is -0.484. The molecule has 3 fully saturated rings. The average molecular weight is 347 g/mol. The van der Waals surface area contributed by atoms with Gasteiger partial charge >= 0.3 is 0 Å². The molecular weight excluding hydrogens is 319 g/mol. The van der Waals surface area contributed by atoms with Crippen LogP contribution in [0.4, 0.5) is 4.39 Å². The number of hydrogen-bond donors (Lipinski definition) is 2. The van der Waals surface area contributed by atoms with Gasteiger partial charge in [0.2, 0.25) is 0 Å². The Balaban J connectivity index is 1.46. The normalized spacial score (nSPS) is 40.8. The molecule has 3 rings (SSSR count). The van der Waals surface area contributed by atoms with Gasteiger partial charge in [0.05, 0.1) is 0 Å². The Labute approximate surface area is 142 Å². The summed E-state index contributed by atoms with van der Waals surface area (Å²) in [6.07, 6.45) is 1.87. The Morgan fingerprint density at radius 2 is 2.00 bits per heavy atom. The Morgan fingerprint density at radius 1 is 1.26 bits per heavy atom. The lowest BCUT2D eigenvalue weighted by Gasteiger charge is -2.43. The average Bonchev–Trinajstić information content (AvgIpc) is 2.54. The first-order valence-corrected chi connectivity index (χ1v) is 9.25. The quantitative estimate of drug-likeness (QED) is 0.748. The van der Waals surface area contributed by atoms with E-state index in [9.17, 15) is 9.18 Å². The fourth-order valence-corrected chi connectivity index (χ4v) is 4.48. The van der Waals surface area contributed by atoms with Gasteiger partial charge in [-0.3, -0.25) is 15.1 Å². The van der Waals surface area contributed by atoms with Gasteiger partial charge in [0.25, 0.3) is 5.91 Å². The summed E-state index contributed by atoms with van der Waals surface area (Å²) in [6.45, 7) is 7.85. The molecule has 0 aromatic heterocycles. The lowest BCUT2D eigenvalue weighted by Crippen LogP contribution is -2.64. The van der Waals surface area contributed by atoms with Crippen LogP contribution in [0.15, 0.2) is 0 Å². The topological polar surface area (TPSA) is 47.6 Å². The Hall–Kier alpha value is -0.430. The molecule has 2 aliphatic heterocycles. The Morgan fingerprint density at radius 3 is 2.70 bits per heavy atom. The molecule has 5 atom stereocenters. The first-order chi connectivity index (χ1) is 11.0. The van der Waals surface area contributed by atoms with Crippen molar-refractivity contribution in [1.82, 2.24) is 20.7 Å². The van der Waals surface area contributed by atoms with Crippen molar-refractivity contribution < 1.29 is 9.18 Å². The third kappa shape index (κ3) is 4.16. The van der Waals surface area contributed by atoms with E-state index < -0.39 is 11.5 Å². The van der Waals surface area contributed by atoms with E-state index >= 15 is 0 Å². The van der Waals surface area contributed by atoms with Crippen LogP contribution in [-0.4, -0.2) is 72.6 Å². The maximum Gasteiger partial charge on any atom is 0.253 e. The fraction of sp³-hybridized carbons (Fsp3) is 0.938. The van der Waals surface area contributed by atoms with Crippen LogP contribution >= 0.6 is 11.6 Å². The zero-order valence-electron chi connectivity index (χ0n) is 13.8. The van der Waals surface area contributed by atoms with Gasteiger partial charge in [-0.1, -0.05) is 6.92 Å². The Kier molecular flexibility index (Phi) is 5.78. The number of nitrogens with one attached hydrogen (secondary N) is 2. The van der Waals surface area contributed by atoms with Gasteiger partial charge in [-0.25, -0.2) is 9.82 Å². The molecule has 132 valence electrons. The number of alkyl halides is 2. The van der Waals surface area contributed by atoms with Crippen molar-refractivity contribution >= 4 is 17.5 Å². The van der Waals surface area contributed by atoms with Gasteiger partial charge in [0, 0.05) is 45.3 Å². The highest BCUT2D eigenvalue weighted by molar-refractivity contribution is 6.31. The van der Waals surface area contributed by atoms with Gasteiger partial charge in [0.15, 0.2) is 0 Å². The van der Waals surface area contributed by atoms with E-state index in [-0.39, 0.29) is 11.9 Å². The molecule has 1 amide bonds. The molecule has 5 nitrogen and oxygen atoms in total. The molecule has 23 heavy (non-hydrogen) atoms. The van der Waals surface area contributed by atoms with Crippen LogP contribution in [0.5, 0.6) is 0 Å². The number of hydrazine groups is 1. The van der Waals surface area contributed by atoms with Crippen molar-refractivity contribution in [2.45, 2.75) is 43.8 Å². The molecule has 2 heterocycles. The molecule has 1 saturated carbocycles. The van der Waals surface area contributed by atoms with Crippen molar-refractivity contribution in [1.29, 1.82) is 0 Å². The van der Waals surface area contributed by atoms with Gasteiger partial charge in [-0.2, -0.15) is 0 Å². The molecule has 2 saturated heterocycles. The highest BCUT2D eigenvalue weighted by Gasteiger charge is 2.36. The first-order valence-electron chi connectivity index (χ1n) is 8.82. The molecule has 7 heteroatoms. The molecule has 5 unspecified atom stereocenters. The molecule has 0 radical (unpaired) electrons. The summed E-state index contributed by atoms with van der Waals surface area (Å²) in [7, 11) is 0. The Bertz CT molecular complexity index is 419. The zero-order chi connectivity index (χ0) is 16.4. The third-order valence-electron chi connectivity index (χ3n) is 5.76. The number of halogens is 2. The molecule has 0 spiro atoms. The van der Waals surface area contributed by atoms with Crippen molar-refractivity contribution in [3.8, 4) is 0 Å². The number of rotatable bonds is 3. The van der Waals surface area contributed by atoms with E-state index in [1.165, 1.54) is 0 Å². The van der Waals surface area contributed by atoms with Crippen molar-refractivity contribution in [2.24, 2.45) is 11.8 Å². The van der Waals surface area contributed by atoms with E-state index in [0.717, 1.165) is 52.0 Å². The molecule has 0 aromatic rings. The largest absolute Gasteiger partial charge is 0.301 e. The van der Waals surface area contributed by atoms with Crippen LogP contribution in [0.25, 0.3) is 0 Å². The highest BCUT2D eigenvalue weighted by atomic mass is 35.5. The summed E-state index contributed by atoms with van der Waals surface area (Å²) in [6, 6.07) is 0.0634. The summed E-state index contributed by atoms with van der Waals surface area (Å²) >= 11 is 6.25. The van der Waals surface area contributed by atoms with Crippen LogP contribution in [0.3, 0.4) is 0 Å². The predicted octanol–water partition coefficient (Wildman–Crippen LogP) is 0.989. The number of amides is 1. The van der Waals surface area contributed by atoms with Gasteiger partial charge in [-0.15, -0.1) is 11.6 Å². The number of carbonyl (C=O) groups is 1. The van der Waals surface area contributed by atoms with E-state index in [1.807, 2.05) is 0 Å². The lowest BCUT2D eigenvalue weighted by atomic mass is 9.79. The molecule has 2 N–H and O–H groups in total. The number of carbonyl (C=O) groups excluding carboxylic acids is 1. The first kappa shape index (κ1) is 17.4. The maximum absolute atomic E-state index is 13.4. The van der Waals surface area contributed by atoms with Crippen LogP contribution in [0, 0.1) is 11.8 Å². The minimum atomic E-state index is -0.594. The van der Waals surface area contributed by atoms with Crippen LogP contribution < -0.4 is 10.9 Å². The van der Waals surface area contributed by atoms with Crippen LogP contribution in [0.1, 0.15) is 26.2 Å². The summed E-state index contributed by atoms with van der Waals surface area (Å²) in [4.78, 5) is 16.5. The number of nitrogens with zero attached hydrogens (tertiary/aromatic N) is 2. The highest BCUT2D eigenvalue weighted by Crippen LogP contribution is 2.32.